The van der Waals surface area contributed by atoms with Crippen molar-refractivity contribution in [1.29, 1.82) is 0 Å². The van der Waals surface area contributed by atoms with Crippen LogP contribution in [0.3, 0.4) is 0 Å². The molecular formula is C13H23N. The molecule has 0 aromatic rings. The molecule has 0 bridgehead atoms. The average molecular weight is 193 g/mol. The molecule has 0 saturated heterocycles. The van der Waals surface area contributed by atoms with Gasteiger partial charge in [-0.15, -0.1) is 6.58 Å². The van der Waals surface area contributed by atoms with Crippen LogP contribution in [0.2, 0.25) is 0 Å². The lowest BCUT2D eigenvalue weighted by Gasteiger charge is -2.11. The summed E-state index contributed by atoms with van der Waals surface area (Å²) >= 11 is 0. The second-order valence-corrected chi connectivity index (χ2v) is 4.84. The Morgan fingerprint density at radius 2 is 2.29 bits per heavy atom. The van der Waals surface area contributed by atoms with E-state index in [0.29, 0.717) is 12.0 Å². The van der Waals surface area contributed by atoms with Gasteiger partial charge in [0.15, 0.2) is 0 Å². The summed E-state index contributed by atoms with van der Waals surface area (Å²) in [5, 5.41) is 0. The van der Waals surface area contributed by atoms with Crippen LogP contribution >= 0.6 is 0 Å². The number of allylic oxidation sites excluding steroid dienone is 1. The van der Waals surface area contributed by atoms with E-state index in [4.69, 9.17) is 4.99 Å². The molecule has 0 aromatic heterocycles. The van der Waals surface area contributed by atoms with E-state index in [1.54, 1.807) is 0 Å². The number of nitrogens with zero attached hydrogens (tertiary/aromatic N) is 1. The molecule has 0 amide bonds. The lowest BCUT2D eigenvalue weighted by Crippen LogP contribution is -2.07. The average Bonchev–Trinajstić information content (AvgIpc) is 2.50. The molecule has 1 aliphatic rings. The Balaban J connectivity index is 2.38. The summed E-state index contributed by atoms with van der Waals surface area (Å²) in [4.78, 5) is 4.78. The van der Waals surface area contributed by atoms with Crippen LogP contribution in [0.25, 0.3) is 0 Å². The molecule has 0 radical (unpaired) electrons. The molecule has 0 spiro atoms. The van der Waals surface area contributed by atoms with Crippen molar-refractivity contribution in [1.82, 2.24) is 0 Å². The van der Waals surface area contributed by atoms with Gasteiger partial charge >= 0.3 is 0 Å². The summed E-state index contributed by atoms with van der Waals surface area (Å²) in [5.74, 6) is 1.45. The fourth-order valence-electron chi connectivity index (χ4n) is 2.14. The molecule has 0 aromatic carbocycles. The topological polar surface area (TPSA) is 12.4 Å². The van der Waals surface area contributed by atoms with Crippen molar-refractivity contribution < 1.29 is 0 Å². The van der Waals surface area contributed by atoms with Crippen LogP contribution in [0.1, 0.15) is 46.5 Å². The van der Waals surface area contributed by atoms with E-state index >= 15 is 0 Å². The first kappa shape index (κ1) is 11.5. The highest BCUT2D eigenvalue weighted by atomic mass is 14.8. The van der Waals surface area contributed by atoms with Gasteiger partial charge in [0.25, 0.3) is 0 Å². The van der Waals surface area contributed by atoms with Gasteiger partial charge in [-0.1, -0.05) is 19.9 Å². The number of rotatable bonds is 4. The Bertz CT molecular complexity index is 217. The van der Waals surface area contributed by atoms with Gasteiger partial charge in [0.1, 0.15) is 0 Å². The summed E-state index contributed by atoms with van der Waals surface area (Å²) in [6.45, 7) is 10.6. The highest BCUT2D eigenvalue weighted by molar-refractivity contribution is 5.86. The van der Waals surface area contributed by atoms with Crippen molar-refractivity contribution in [2.45, 2.75) is 52.5 Å². The maximum atomic E-state index is 4.78. The third-order valence-corrected chi connectivity index (χ3v) is 3.03. The Kier molecular flexibility index (Phi) is 4.37. The first-order valence-corrected chi connectivity index (χ1v) is 5.80. The SMILES string of the molecule is C=CC(C)CC(C)/N=C1/CCC(C)C1. The standard InChI is InChI=1S/C13H23N/c1-5-10(2)8-12(4)14-13-7-6-11(3)9-13/h5,10-12H,1,6-9H2,2-4H3/b14-13-. The van der Waals surface area contributed by atoms with Gasteiger partial charge in [0, 0.05) is 11.8 Å². The van der Waals surface area contributed by atoms with Gasteiger partial charge in [-0.2, -0.15) is 0 Å². The number of hydrogen-bond acceptors (Lipinski definition) is 1. The highest BCUT2D eigenvalue weighted by Gasteiger charge is 2.17. The Morgan fingerprint density at radius 3 is 2.79 bits per heavy atom. The molecule has 1 nitrogen and oxygen atoms in total. The summed E-state index contributed by atoms with van der Waals surface area (Å²) in [6.07, 6.45) is 6.96. The van der Waals surface area contributed by atoms with Crippen LogP contribution in [-0.2, 0) is 0 Å². The molecule has 1 fully saturated rings. The summed E-state index contributed by atoms with van der Waals surface area (Å²) in [7, 11) is 0. The lowest BCUT2D eigenvalue weighted by atomic mass is 10.0. The van der Waals surface area contributed by atoms with E-state index < -0.39 is 0 Å². The minimum absolute atomic E-state index is 0.475. The minimum atomic E-state index is 0.475. The quantitative estimate of drug-likeness (QED) is 0.601. The highest BCUT2D eigenvalue weighted by Crippen LogP contribution is 2.23. The van der Waals surface area contributed by atoms with Crippen molar-refractivity contribution >= 4 is 5.71 Å². The molecule has 0 N–H and O–H groups in total. The van der Waals surface area contributed by atoms with Gasteiger partial charge < -0.3 is 0 Å². The monoisotopic (exact) mass is 193 g/mol. The van der Waals surface area contributed by atoms with E-state index in [-0.39, 0.29) is 0 Å². The van der Waals surface area contributed by atoms with Crippen molar-refractivity contribution in [3.63, 3.8) is 0 Å². The fraction of sp³-hybridized carbons (Fsp3) is 0.769. The van der Waals surface area contributed by atoms with Gasteiger partial charge in [-0.3, -0.25) is 4.99 Å². The van der Waals surface area contributed by atoms with Crippen molar-refractivity contribution in [3.05, 3.63) is 12.7 Å². The minimum Gasteiger partial charge on any atom is -0.291 e. The first-order chi connectivity index (χ1) is 6.61. The van der Waals surface area contributed by atoms with Crippen LogP contribution in [0.4, 0.5) is 0 Å². The van der Waals surface area contributed by atoms with E-state index in [2.05, 4.69) is 27.4 Å². The smallest absolute Gasteiger partial charge is 0.0476 e. The summed E-state index contributed by atoms with van der Waals surface area (Å²) < 4.78 is 0. The Morgan fingerprint density at radius 1 is 1.57 bits per heavy atom. The zero-order valence-corrected chi connectivity index (χ0v) is 9.79. The van der Waals surface area contributed by atoms with E-state index in [9.17, 15) is 0 Å². The number of aliphatic imine (C=N–C) groups is 1. The third kappa shape index (κ3) is 3.65. The molecule has 1 saturated carbocycles. The predicted octanol–water partition coefficient (Wildman–Crippen LogP) is 3.85. The van der Waals surface area contributed by atoms with Crippen LogP contribution < -0.4 is 0 Å². The van der Waals surface area contributed by atoms with E-state index in [1.165, 1.54) is 25.0 Å². The summed E-state index contributed by atoms with van der Waals surface area (Å²) in [5.41, 5.74) is 1.45. The van der Waals surface area contributed by atoms with Crippen LogP contribution in [0.5, 0.6) is 0 Å². The van der Waals surface area contributed by atoms with Crippen molar-refractivity contribution in [2.75, 3.05) is 0 Å². The molecule has 0 aliphatic heterocycles. The fourth-order valence-corrected chi connectivity index (χ4v) is 2.14. The Hall–Kier alpha value is -0.590. The second-order valence-electron chi connectivity index (χ2n) is 4.84. The molecule has 1 aliphatic carbocycles. The maximum Gasteiger partial charge on any atom is 0.0476 e. The van der Waals surface area contributed by atoms with Crippen LogP contribution in [0, 0.1) is 11.8 Å². The zero-order chi connectivity index (χ0) is 10.6. The van der Waals surface area contributed by atoms with Crippen molar-refractivity contribution in [3.8, 4) is 0 Å². The van der Waals surface area contributed by atoms with Gasteiger partial charge in [0.2, 0.25) is 0 Å². The molecule has 80 valence electrons. The number of hydrogen-bond donors (Lipinski definition) is 0. The normalized spacial score (nSPS) is 29.1. The molecule has 1 rings (SSSR count). The van der Waals surface area contributed by atoms with Gasteiger partial charge in [-0.05, 0) is 44.4 Å². The second kappa shape index (κ2) is 5.33. The Labute approximate surface area is 88.3 Å². The predicted molar refractivity (Wildman–Crippen MR) is 63.9 cm³/mol. The van der Waals surface area contributed by atoms with Gasteiger partial charge in [-0.25, -0.2) is 0 Å². The molecule has 3 unspecified atom stereocenters. The molecule has 3 atom stereocenters. The first-order valence-electron chi connectivity index (χ1n) is 5.80. The van der Waals surface area contributed by atoms with Gasteiger partial charge in [0.05, 0.1) is 0 Å². The van der Waals surface area contributed by atoms with Crippen molar-refractivity contribution in [2.24, 2.45) is 16.8 Å². The third-order valence-electron chi connectivity index (χ3n) is 3.03. The summed E-state index contributed by atoms with van der Waals surface area (Å²) in [6, 6.07) is 0.475. The maximum absolute atomic E-state index is 4.78. The molecule has 0 heterocycles. The van der Waals surface area contributed by atoms with Crippen LogP contribution in [-0.4, -0.2) is 11.8 Å². The zero-order valence-electron chi connectivity index (χ0n) is 9.79. The van der Waals surface area contributed by atoms with Crippen LogP contribution in [0.15, 0.2) is 17.6 Å². The molecule has 14 heavy (non-hydrogen) atoms. The molecule has 1 heteroatoms. The van der Waals surface area contributed by atoms with E-state index in [0.717, 1.165) is 12.3 Å². The largest absolute Gasteiger partial charge is 0.291 e. The molecular weight excluding hydrogens is 170 g/mol. The lowest BCUT2D eigenvalue weighted by molar-refractivity contribution is 0.563. The van der Waals surface area contributed by atoms with E-state index in [1.807, 2.05) is 6.08 Å².